The van der Waals surface area contributed by atoms with Gasteiger partial charge in [-0.15, -0.1) is 0 Å². The highest BCUT2D eigenvalue weighted by molar-refractivity contribution is 5.96. The number of amides is 1. The Morgan fingerprint density at radius 3 is 2.52 bits per heavy atom. The van der Waals surface area contributed by atoms with E-state index in [0.717, 1.165) is 18.4 Å². The predicted molar refractivity (Wildman–Crippen MR) is 126 cm³/mol. The largest absolute Gasteiger partial charge is 0.482 e. The van der Waals surface area contributed by atoms with Crippen molar-refractivity contribution < 1.29 is 23.5 Å². The number of rotatable bonds is 9. The van der Waals surface area contributed by atoms with Crippen molar-refractivity contribution in [2.45, 2.75) is 46.5 Å². The quantitative estimate of drug-likeness (QED) is 0.219. The first-order valence-corrected chi connectivity index (χ1v) is 11.1. The zero-order chi connectivity index (χ0) is 24.0. The van der Waals surface area contributed by atoms with Crippen LogP contribution < -0.4 is 20.4 Å². The summed E-state index contributed by atoms with van der Waals surface area (Å²) in [6, 6.07) is 11.8. The van der Waals surface area contributed by atoms with Crippen LogP contribution in [0, 0.1) is 6.92 Å². The highest BCUT2D eigenvalue weighted by Crippen LogP contribution is 2.24. The van der Waals surface area contributed by atoms with E-state index in [4.69, 9.17) is 13.9 Å². The number of esters is 1. The van der Waals surface area contributed by atoms with E-state index in [2.05, 4.69) is 19.2 Å². The molecule has 174 valence electrons. The molecule has 0 radical (unpaired) electrons. The van der Waals surface area contributed by atoms with Gasteiger partial charge < -0.3 is 19.2 Å². The normalized spacial score (nSPS) is 10.9. The van der Waals surface area contributed by atoms with Gasteiger partial charge in [0.1, 0.15) is 22.6 Å². The zero-order valence-electron chi connectivity index (χ0n) is 19.4. The number of benzene rings is 2. The standard InChI is InChI=1S/C26H29NO6/c1-5-6-11-27-25(29)22-13-18-7-8-20(14-23(18)33-26(22)30)32-24(28)15-31-19-9-10-21(16(2)3)17(4)12-19/h7-10,12-14,16H,5-6,11,15H2,1-4H3,(H,27,29). The molecule has 0 unspecified atom stereocenters. The monoisotopic (exact) mass is 451 g/mol. The minimum atomic E-state index is -0.747. The van der Waals surface area contributed by atoms with Crippen LogP contribution in [0.2, 0.25) is 0 Å². The lowest BCUT2D eigenvalue weighted by Gasteiger charge is -2.12. The van der Waals surface area contributed by atoms with Gasteiger partial charge in [-0.3, -0.25) is 4.79 Å². The average molecular weight is 452 g/mol. The summed E-state index contributed by atoms with van der Waals surface area (Å²) in [4.78, 5) is 36.7. The number of hydrogen-bond acceptors (Lipinski definition) is 6. The molecule has 0 aliphatic heterocycles. The summed E-state index contributed by atoms with van der Waals surface area (Å²) in [5.41, 5.74) is 1.73. The Morgan fingerprint density at radius 2 is 1.82 bits per heavy atom. The Morgan fingerprint density at radius 1 is 1.06 bits per heavy atom. The van der Waals surface area contributed by atoms with Crippen LogP contribution in [-0.2, 0) is 4.79 Å². The zero-order valence-corrected chi connectivity index (χ0v) is 19.4. The Labute approximate surface area is 192 Å². The molecule has 0 aliphatic rings. The molecule has 1 amide bonds. The van der Waals surface area contributed by atoms with Crippen LogP contribution in [0.25, 0.3) is 11.0 Å². The number of carbonyl (C=O) groups excluding carboxylic acids is 2. The van der Waals surface area contributed by atoms with Crippen molar-refractivity contribution in [3.63, 3.8) is 0 Å². The molecule has 1 N–H and O–H groups in total. The fourth-order valence-corrected chi connectivity index (χ4v) is 3.48. The number of nitrogens with one attached hydrogen (secondary N) is 1. The lowest BCUT2D eigenvalue weighted by atomic mass is 9.98. The van der Waals surface area contributed by atoms with Crippen LogP contribution >= 0.6 is 0 Å². The van der Waals surface area contributed by atoms with E-state index in [1.165, 1.54) is 17.7 Å². The third-order valence-corrected chi connectivity index (χ3v) is 5.22. The SMILES string of the molecule is CCCCNC(=O)c1cc2ccc(OC(=O)COc3ccc(C(C)C)c(C)c3)cc2oc1=O. The van der Waals surface area contributed by atoms with Gasteiger partial charge in [-0.25, -0.2) is 9.59 Å². The molecule has 0 bridgehead atoms. The molecule has 3 aromatic rings. The van der Waals surface area contributed by atoms with Crippen molar-refractivity contribution in [1.82, 2.24) is 5.32 Å². The summed E-state index contributed by atoms with van der Waals surface area (Å²) in [6.07, 6.45) is 1.76. The second kappa shape index (κ2) is 10.8. The molecule has 1 heterocycles. The molecule has 0 atom stereocenters. The number of aryl methyl sites for hydroxylation is 1. The molecule has 7 nitrogen and oxygen atoms in total. The number of fused-ring (bicyclic) bond motifs is 1. The fraction of sp³-hybridized carbons (Fsp3) is 0.346. The summed E-state index contributed by atoms with van der Waals surface area (Å²) >= 11 is 0. The molecular formula is C26H29NO6. The number of unbranched alkanes of at least 4 members (excludes halogenated alkanes) is 1. The maximum absolute atomic E-state index is 12.2. The Hall–Kier alpha value is -3.61. The lowest BCUT2D eigenvalue weighted by molar-refractivity contribution is -0.136. The molecule has 0 fully saturated rings. The summed E-state index contributed by atoms with van der Waals surface area (Å²) in [7, 11) is 0. The van der Waals surface area contributed by atoms with Crippen LogP contribution in [-0.4, -0.2) is 25.0 Å². The van der Waals surface area contributed by atoms with Gasteiger partial charge in [0.05, 0.1) is 0 Å². The average Bonchev–Trinajstić information content (AvgIpc) is 2.77. The van der Waals surface area contributed by atoms with Crippen molar-refractivity contribution in [2.24, 2.45) is 0 Å². The van der Waals surface area contributed by atoms with E-state index in [-0.39, 0.29) is 23.5 Å². The lowest BCUT2D eigenvalue weighted by Crippen LogP contribution is -2.28. The van der Waals surface area contributed by atoms with Crippen molar-refractivity contribution in [1.29, 1.82) is 0 Å². The van der Waals surface area contributed by atoms with Crippen LogP contribution in [0.1, 0.15) is 61.0 Å². The molecule has 33 heavy (non-hydrogen) atoms. The van der Waals surface area contributed by atoms with Gasteiger partial charge in [-0.05, 0) is 60.7 Å². The Kier molecular flexibility index (Phi) is 7.87. The van der Waals surface area contributed by atoms with Crippen molar-refractivity contribution in [3.8, 4) is 11.5 Å². The van der Waals surface area contributed by atoms with E-state index in [1.54, 1.807) is 12.1 Å². The smallest absolute Gasteiger partial charge is 0.349 e. The minimum absolute atomic E-state index is 0.0597. The van der Waals surface area contributed by atoms with Gasteiger partial charge in [0, 0.05) is 18.0 Å². The van der Waals surface area contributed by atoms with Crippen molar-refractivity contribution in [2.75, 3.05) is 13.2 Å². The molecule has 0 aliphatic carbocycles. The molecular weight excluding hydrogens is 422 g/mol. The minimum Gasteiger partial charge on any atom is -0.482 e. The highest BCUT2D eigenvalue weighted by Gasteiger charge is 2.15. The van der Waals surface area contributed by atoms with Crippen molar-refractivity contribution in [3.05, 3.63) is 69.6 Å². The summed E-state index contributed by atoms with van der Waals surface area (Å²) in [6.45, 7) is 8.48. The number of hydrogen-bond donors (Lipinski definition) is 1. The summed E-state index contributed by atoms with van der Waals surface area (Å²) in [5, 5.41) is 3.25. The summed E-state index contributed by atoms with van der Waals surface area (Å²) < 4.78 is 16.1. The van der Waals surface area contributed by atoms with Gasteiger partial charge in [-0.1, -0.05) is 33.3 Å². The van der Waals surface area contributed by atoms with Crippen LogP contribution in [0.4, 0.5) is 0 Å². The molecule has 0 saturated carbocycles. The molecule has 2 aromatic carbocycles. The van der Waals surface area contributed by atoms with E-state index < -0.39 is 17.5 Å². The maximum Gasteiger partial charge on any atom is 0.349 e. The van der Waals surface area contributed by atoms with Crippen molar-refractivity contribution >= 4 is 22.8 Å². The van der Waals surface area contributed by atoms with E-state index in [1.807, 2.05) is 32.0 Å². The molecule has 3 rings (SSSR count). The Balaban J connectivity index is 1.65. The number of ether oxygens (including phenoxy) is 2. The van der Waals surface area contributed by atoms with Gasteiger partial charge in [0.2, 0.25) is 0 Å². The summed E-state index contributed by atoms with van der Waals surface area (Å²) in [5.74, 6) is 0.148. The molecule has 0 spiro atoms. The predicted octanol–water partition coefficient (Wildman–Crippen LogP) is 4.74. The highest BCUT2D eigenvalue weighted by atomic mass is 16.6. The first kappa shape index (κ1) is 24.0. The first-order chi connectivity index (χ1) is 15.8. The van der Waals surface area contributed by atoms with Gasteiger partial charge in [0.15, 0.2) is 6.61 Å². The first-order valence-electron chi connectivity index (χ1n) is 11.1. The van der Waals surface area contributed by atoms with Crippen LogP contribution in [0.15, 0.2) is 51.7 Å². The third-order valence-electron chi connectivity index (χ3n) is 5.22. The molecule has 0 saturated heterocycles. The molecule has 1 aromatic heterocycles. The number of carbonyl (C=O) groups is 2. The van der Waals surface area contributed by atoms with Gasteiger partial charge in [0.25, 0.3) is 5.91 Å². The molecule has 7 heteroatoms. The maximum atomic E-state index is 12.2. The van der Waals surface area contributed by atoms with E-state index in [0.29, 0.717) is 23.6 Å². The van der Waals surface area contributed by atoms with Crippen LogP contribution in [0.3, 0.4) is 0 Å². The Bertz CT molecular complexity index is 1210. The van der Waals surface area contributed by atoms with Crippen LogP contribution in [0.5, 0.6) is 11.5 Å². The van der Waals surface area contributed by atoms with E-state index in [9.17, 15) is 14.4 Å². The third kappa shape index (κ3) is 6.22. The second-order valence-electron chi connectivity index (χ2n) is 8.19. The van der Waals surface area contributed by atoms with Gasteiger partial charge in [-0.2, -0.15) is 0 Å². The topological polar surface area (TPSA) is 94.8 Å². The second-order valence-corrected chi connectivity index (χ2v) is 8.19. The fourth-order valence-electron chi connectivity index (χ4n) is 3.48. The van der Waals surface area contributed by atoms with Gasteiger partial charge >= 0.3 is 11.6 Å². The van der Waals surface area contributed by atoms with E-state index >= 15 is 0 Å².